The summed E-state index contributed by atoms with van der Waals surface area (Å²) in [6, 6.07) is 5.64. The molecule has 0 aliphatic rings. The molecule has 0 fully saturated rings. The molecule has 0 saturated heterocycles. The highest BCUT2D eigenvalue weighted by atomic mass is 16.1. The van der Waals surface area contributed by atoms with E-state index in [0.29, 0.717) is 12.1 Å². The number of benzene rings is 1. The van der Waals surface area contributed by atoms with Gasteiger partial charge in [-0.3, -0.25) is 9.36 Å². The van der Waals surface area contributed by atoms with E-state index in [4.69, 9.17) is 0 Å². The van der Waals surface area contributed by atoms with Crippen molar-refractivity contribution < 1.29 is 0 Å². The molecule has 0 saturated carbocycles. The number of nitrogens with zero attached hydrogens (tertiary/aromatic N) is 2. The van der Waals surface area contributed by atoms with E-state index in [9.17, 15) is 4.79 Å². The minimum atomic E-state index is -0.00181. The van der Waals surface area contributed by atoms with Crippen molar-refractivity contribution in [2.75, 3.05) is 7.05 Å². The van der Waals surface area contributed by atoms with Crippen molar-refractivity contribution in [1.29, 1.82) is 0 Å². The Bertz CT molecular complexity index is 545. The molecule has 1 aromatic heterocycles. The van der Waals surface area contributed by atoms with Gasteiger partial charge in [0.05, 0.1) is 23.9 Å². The van der Waals surface area contributed by atoms with E-state index >= 15 is 0 Å². The Morgan fingerprint density at radius 1 is 1.47 bits per heavy atom. The van der Waals surface area contributed by atoms with Crippen molar-refractivity contribution in [3.05, 3.63) is 40.4 Å². The van der Waals surface area contributed by atoms with Gasteiger partial charge in [0.2, 0.25) is 0 Å². The van der Waals surface area contributed by atoms with E-state index in [1.165, 1.54) is 0 Å². The van der Waals surface area contributed by atoms with Crippen molar-refractivity contribution in [3.63, 3.8) is 0 Å². The van der Waals surface area contributed by atoms with Gasteiger partial charge >= 0.3 is 0 Å². The van der Waals surface area contributed by atoms with Crippen molar-refractivity contribution in [2.24, 2.45) is 0 Å². The first-order chi connectivity index (χ1) is 7.24. The van der Waals surface area contributed by atoms with Crippen molar-refractivity contribution >= 4 is 10.9 Å². The molecule has 0 unspecified atom stereocenters. The van der Waals surface area contributed by atoms with E-state index < -0.39 is 0 Å². The summed E-state index contributed by atoms with van der Waals surface area (Å²) in [5.41, 5.74) is 1.81. The summed E-state index contributed by atoms with van der Waals surface area (Å²) in [5, 5.41) is 3.60. The Morgan fingerprint density at radius 2 is 2.27 bits per heavy atom. The van der Waals surface area contributed by atoms with Crippen LogP contribution in [0.25, 0.3) is 10.9 Å². The van der Waals surface area contributed by atoms with Gasteiger partial charge in [-0.05, 0) is 25.6 Å². The van der Waals surface area contributed by atoms with E-state index in [2.05, 4.69) is 10.3 Å². The standard InChI is InChI=1S/C11H13N3O/c1-8-4-3-5-9-10(8)13-7-14(6-12-2)11(9)15/h3-5,7,12H,6H2,1-2H3. The van der Waals surface area contributed by atoms with Crippen LogP contribution in [0.4, 0.5) is 0 Å². The topological polar surface area (TPSA) is 46.9 Å². The molecule has 0 spiro atoms. The second-order valence-electron chi connectivity index (χ2n) is 3.50. The first-order valence-electron chi connectivity index (χ1n) is 4.83. The van der Waals surface area contributed by atoms with Crippen LogP contribution in [0.2, 0.25) is 0 Å². The monoisotopic (exact) mass is 203 g/mol. The van der Waals surface area contributed by atoms with Crippen LogP contribution in [-0.2, 0) is 6.67 Å². The molecule has 4 nitrogen and oxygen atoms in total. The van der Waals surface area contributed by atoms with Gasteiger partial charge in [0, 0.05) is 0 Å². The number of para-hydroxylation sites is 1. The lowest BCUT2D eigenvalue weighted by Crippen LogP contribution is -2.26. The molecule has 0 aliphatic heterocycles. The van der Waals surface area contributed by atoms with Crippen LogP contribution in [-0.4, -0.2) is 16.6 Å². The maximum Gasteiger partial charge on any atom is 0.262 e. The smallest absolute Gasteiger partial charge is 0.262 e. The quantitative estimate of drug-likeness (QED) is 0.788. The molecule has 1 N–H and O–H groups in total. The summed E-state index contributed by atoms with van der Waals surface area (Å²) in [4.78, 5) is 16.2. The van der Waals surface area contributed by atoms with E-state index in [0.717, 1.165) is 11.1 Å². The Balaban J connectivity index is 2.75. The lowest BCUT2D eigenvalue weighted by molar-refractivity contribution is 0.593. The second kappa shape index (κ2) is 3.82. The van der Waals surface area contributed by atoms with Gasteiger partial charge in [0.1, 0.15) is 0 Å². The van der Waals surface area contributed by atoms with Crippen LogP contribution in [0.5, 0.6) is 0 Å². The molecule has 0 bridgehead atoms. The van der Waals surface area contributed by atoms with Gasteiger partial charge in [-0.15, -0.1) is 0 Å². The minimum Gasteiger partial charge on any atom is -0.303 e. The SMILES string of the molecule is CNCn1cnc2c(C)cccc2c1=O. The number of aryl methyl sites for hydroxylation is 1. The Morgan fingerprint density at radius 3 is 3.00 bits per heavy atom. The molecule has 15 heavy (non-hydrogen) atoms. The maximum absolute atomic E-state index is 12.0. The fraction of sp³-hybridized carbons (Fsp3) is 0.273. The van der Waals surface area contributed by atoms with E-state index in [1.807, 2.05) is 25.1 Å². The molecule has 0 radical (unpaired) electrons. The minimum absolute atomic E-state index is 0.00181. The summed E-state index contributed by atoms with van der Waals surface area (Å²) < 4.78 is 1.56. The maximum atomic E-state index is 12.0. The summed E-state index contributed by atoms with van der Waals surface area (Å²) in [6.07, 6.45) is 1.58. The summed E-state index contributed by atoms with van der Waals surface area (Å²) >= 11 is 0. The van der Waals surface area contributed by atoms with Crippen LogP contribution in [0.1, 0.15) is 5.56 Å². The molecule has 2 rings (SSSR count). The fourth-order valence-corrected chi connectivity index (χ4v) is 1.62. The van der Waals surface area contributed by atoms with Crippen LogP contribution in [0.15, 0.2) is 29.3 Å². The third kappa shape index (κ3) is 1.64. The molecule has 0 aliphatic carbocycles. The first-order valence-corrected chi connectivity index (χ1v) is 4.83. The number of nitrogens with one attached hydrogen (secondary N) is 1. The molecule has 1 aromatic carbocycles. The number of fused-ring (bicyclic) bond motifs is 1. The zero-order valence-corrected chi connectivity index (χ0v) is 8.82. The van der Waals surface area contributed by atoms with Crippen molar-refractivity contribution in [1.82, 2.24) is 14.9 Å². The lowest BCUT2D eigenvalue weighted by Gasteiger charge is -2.06. The molecule has 2 aromatic rings. The lowest BCUT2D eigenvalue weighted by atomic mass is 10.1. The average Bonchev–Trinajstić information content (AvgIpc) is 2.23. The highest BCUT2D eigenvalue weighted by molar-refractivity contribution is 5.80. The normalized spacial score (nSPS) is 10.8. The van der Waals surface area contributed by atoms with Crippen LogP contribution >= 0.6 is 0 Å². The first kappa shape index (κ1) is 9.86. The van der Waals surface area contributed by atoms with Gasteiger partial charge in [0.15, 0.2) is 0 Å². The Hall–Kier alpha value is -1.68. The van der Waals surface area contributed by atoms with Crippen LogP contribution in [0.3, 0.4) is 0 Å². The highest BCUT2D eigenvalue weighted by Crippen LogP contribution is 2.10. The number of aromatic nitrogens is 2. The molecule has 4 heteroatoms. The van der Waals surface area contributed by atoms with E-state index in [-0.39, 0.29) is 5.56 Å². The van der Waals surface area contributed by atoms with Crippen LogP contribution < -0.4 is 10.9 Å². The molecule has 0 atom stereocenters. The van der Waals surface area contributed by atoms with Gasteiger partial charge in [-0.25, -0.2) is 4.98 Å². The predicted octanol–water partition coefficient (Wildman–Crippen LogP) is 0.882. The molecule has 1 heterocycles. The number of rotatable bonds is 2. The van der Waals surface area contributed by atoms with Gasteiger partial charge in [-0.1, -0.05) is 12.1 Å². The second-order valence-corrected chi connectivity index (χ2v) is 3.50. The molecular weight excluding hydrogens is 190 g/mol. The van der Waals surface area contributed by atoms with Crippen molar-refractivity contribution in [2.45, 2.75) is 13.6 Å². The largest absolute Gasteiger partial charge is 0.303 e. The summed E-state index contributed by atoms with van der Waals surface area (Å²) in [5.74, 6) is 0. The predicted molar refractivity (Wildman–Crippen MR) is 59.8 cm³/mol. The van der Waals surface area contributed by atoms with Gasteiger partial charge < -0.3 is 5.32 Å². The zero-order chi connectivity index (χ0) is 10.8. The number of hydrogen-bond acceptors (Lipinski definition) is 3. The summed E-state index contributed by atoms with van der Waals surface area (Å²) in [6.45, 7) is 2.44. The third-order valence-electron chi connectivity index (χ3n) is 2.38. The fourth-order valence-electron chi connectivity index (χ4n) is 1.62. The third-order valence-corrected chi connectivity index (χ3v) is 2.38. The molecule has 78 valence electrons. The van der Waals surface area contributed by atoms with Gasteiger partial charge in [-0.2, -0.15) is 0 Å². The van der Waals surface area contributed by atoms with Crippen LogP contribution in [0, 0.1) is 6.92 Å². The van der Waals surface area contributed by atoms with E-state index in [1.54, 1.807) is 17.9 Å². The number of hydrogen-bond donors (Lipinski definition) is 1. The Kier molecular flexibility index (Phi) is 2.51. The highest BCUT2D eigenvalue weighted by Gasteiger charge is 2.04. The average molecular weight is 203 g/mol. The molecular formula is C11H13N3O. The molecule has 0 amide bonds. The van der Waals surface area contributed by atoms with Crippen molar-refractivity contribution in [3.8, 4) is 0 Å². The summed E-state index contributed by atoms with van der Waals surface area (Å²) in [7, 11) is 1.80. The Labute approximate surface area is 87.6 Å². The van der Waals surface area contributed by atoms with Gasteiger partial charge in [0.25, 0.3) is 5.56 Å². The zero-order valence-electron chi connectivity index (χ0n) is 8.82.